The van der Waals surface area contributed by atoms with Gasteiger partial charge in [0.05, 0.1) is 27.0 Å². The molecular formula is C42H49N2O23S7+. The lowest BCUT2D eigenvalue weighted by atomic mass is 9.75. The highest BCUT2D eigenvalue weighted by Gasteiger charge is 2.52. The van der Waals surface area contributed by atoms with Crippen LogP contribution in [0.2, 0.25) is 0 Å². The lowest BCUT2D eigenvalue weighted by Crippen LogP contribution is -2.38. The summed E-state index contributed by atoms with van der Waals surface area (Å²) in [6.07, 6.45) is 3.64. The number of carboxylic acid groups (broad SMARTS) is 1. The van der Waals surface area contributed by atoms with Gasteiger partial charge in [-0.1, -0.05) is 25.0 Å². The number of fused-ring (bicyclic) bond motifs is 6. The van der Waals surface area contributed by atoms with Gasteiger partial charge in [-0.05, 0) is 91.9 Å². The average molecular weight is 1170 g/mol. The van der Waals surface area contributed by atoms with E-state index in [0.29, 0.717) is 12.1 Å². The standard InChI is InChI=1S/C42H48N2O23S7/c1-41(16-5-3-4-11-38(45)46)36(43(17-7-19-68(47,48)49)32-14-12-28-30(39(32)41)21-26(71(56,57)58)23-34(28)73(62,63)64)9-6-10-37-42(2,25-70(53,54)55)40-31-22-27(72(59,60)61)24-35(74(65,66)67)29(31)13-15-33(40)44(37)18-8-20-69(50,51)52/h6,9-10,12-15,21-24H,3-5,7-8,11,16-20,25H2,1-2H3,(H7-,45,46,47,48,49,50,51,52,53,54,55,56,57,58,59,60,61,62,63,64,65,66,67)/p+1. The fourth-order valence-electron chi connectivity index (χ4n) is 9.94. The fraction of sp³-hybridized carbons (Fsp3) is 0.381. The van der Waals surface area contributed by atoms with E-state index in [0.717, 1.165) is 18.2 Å². The Morgan fingerprint density at radius 3 is 1.58 bits per heavy atom. The Morgan fingerprint density at radius 2 is 1.09 bits per heavy atom. The maximum absolute atomic E-state index is 13.1. The van der Waals surface area contributed by atoms with E-state index >= 15 is 0 Å². The minimum absolute atomic E-state index is 0.0208. The van der Waals surface area contributed by atoms with Crippen LogP contribution in [0.5, 0.6) is 0 Å². The molecule has 4 aromatic carbocycles. The summed E-state index contributed by atoms with van der Waals surface area (Å²) in [6.45, 7) is 2.16. The summed E-state index contributed by atoms with van der Waals surface area (Å²) in [5.41, 5.74) is -3.50. The fourth-order valence-corrected chi connectivity index (χ4v) is 14.6. The topological polar surface area (TPSA) is 424 Å². The van der Waals surface area contributed by atoms with Crippen LogP contribution in [0, 0.1) is 0 Å². The number of rotatable bonds is 22. The zero-order valence-corrected chi connectivity index (χ0v) is 44.5. The van der Waals surface area contributed by atoms with Crippen LogP contribution < -0.4 is 4.90 Å². The Morgan fingerprint density at radius 1 is 0.581 bits per heavy atom. The molecule has 2 heterocycles. The number of aliphatic carboxylic acids is 1. The molecule has 0 saturated carbocycles. The van der Waals surface area contributed by atoms with Gasteiger partial charge < -0.3 is 10.0 Å². The van der Waals surface area contributed by atoms with Gasteiger partial charge in [-0.15, -0.1) is 0 Å². The lowest BCUT2D eigenvalue weighted by Gasteiger charge is -2.31. The van der Waals surface area contributed by atoms with Crippen molar-refractivity contribution in [2.24, 2.45) is 0 Å². The summed E-state index contributed by atoms with van der Waals surface area (Å²) >= 11 is 0. The van der Waals surface area contributed by atoms with E-state index in [1.165, 1.54) is 52.8 Å². The first-order valence-electron chi connectivity index (χ1n) is 21.7. The molecule has 2 aliphatic heterocycles. The molecule has 0 saturated heterocycles. The highest BCUT2D eigenvalue weighted by molar-refractivity contribution is 7.87. The summed E-state index contributed by atoms with van der Waals surface area (Å²) in [6, 6.07) is 7.57. The van der Waals surface area contributed by atoms with Gasteiger partial charge in [-0.25, -0.2) is 0 Å². The third-order valence-corrected chi connectivity index (χ3v) is 18.8. The largest absolute Gasteiger partial charge is 0.481 e. The van der Waals surface area contributed by atoms with Crippen LogP contribution in [0.4, 0.5) is 11.4 Å². The summed E-state index contributed by atoms with van der Waals surface area (Å²) < 4.78 is 248. The molecule has 0 aliphatic carbocycles. The molecule has 0 bridgehead atoms. The molecule has 0 spiro atoms. The molecule has 74 heavy (non-hydrogen) atoms. The normalized spacial score (nSPS) is 19.6. The van der Waals surface area contributed by atoms with Gasteiger partial charge in [0.15, 0.2) is 5.71 Å². The van der Waals surface area contributed by atoms with E-state index in [2.05, 4.69) is 0 Å². The number of carboxylic acids is 1. The second-order valence-corrected chi connectivity index (χ2v) is 28.3. The highest BCUT2D eigenvalue weighted by Crippen LogP contribution is 2.55. The second-order valence-electron chi connectivity index (χ2n) is 18.1. The van der Waals surface area contributed by atoms with Crippen molar-refractivity contribution in [2.75, 3.05) is 35.2 Å². The van der Waals surface area contributed by atoms with E-state index in [1.807, 2.05) is 0 Å². The van der Waals surface area contributed by atoms with Crippen molar-refractivity contribution < 1.29 is 105 Å². The van der Waals surface area contributed by atoms with Crippen LogP contribution in [-0.2, 0) is 86.5 Å². The van der Waals surface area contributed by atoms with Gasteiger partial charge in [0, 0.05) is 64.7 Å². The van der Waals surface area contributed by atoms with E-state index in [4.69, 9.17) is 0 Å². The van der Waals surface area contributed by atoms with Gasteiger partial charge in [0.1, 0.15) is 21.8 Å². The molecule has 2 unspecified atom stereocenters. The molecule has 406 valence electrons. The first-order chi connectivity index (χ1) is 33.7. The van der Waals surface area contributed by atoms with Crippen LogP contribution >= 0.6 is 0 Å². The van der Waals surface area contributed by atoms with Crippen LogP contribution in [0.15, 0.2) is 92.0 Å². The number of hydrogen-bond donors (Lipinski definition) is 8. The zero-order valence-electron chi connectivity index (χ0n) is 38.8. The first kappa shape index (κ1) is 58.5. The van der Waals surface area contributed by atoms with E-state index in [-0.39, 0.29) is 89.8 Å². The maximum atomic E-state index is 13.1. The smallest absolute Gasteiger partial charge is 0.303 e. The molecular weight excluding hydrogens is 1120 g/mol. The molecule has 4 aromatic rings. The SMILES string of the molecule is CC1(CS(=O)(=O)O)C(/C=C/C=C2/N(CCCS(=O)(=O)O)c3ccc4c(S(=O)(=O)O)cc(S(=O)(=O)O)cc4c3C2(C)CCCCCC(=O)O)=[N+](CCCS(=O)(=O)O)c2ccc3c(S(=O)(=O)O)cc(S(=O)(=O)O)cc3c21. The van der Waals surface area contributed by atoms with E-state index < -0.39 is 148 Å². The molecule has 6 rings (SSSR count). The Hall–Kier alpha value is -4.81. The number of allylic oxidation sites excluding steroid dienone is 4. The third kappa shape index (κ3) is 12.7. The van der Waals surface area contributed by atoms with Gasteiger partial charge in [-0.2, -0.15) is 63.5 Å². The summed E-state index contributed by atoms with van der Waals surface area (Å²) in [5, 5.41) is 8.12. The van der Waals surface area contributed by atoms with Crippen molar-refractivity contribution >= 4 is 115 Å². The number of hydrogen-bond acceptors (Lipinski definition) is 16. The maximum Gasteiger partial charge on any atom is 0.303 e. The molecule has 0 aromatic heterocycles. The second kappa shape index (κ2) is 20.3. The molecule has 0 radical (unpaired) electrons. The van der Waals surface area contributed by atoms with Crippen LogP contribution in [0.3, 0.4) is 0 Å². The molecule has 0 fully saturated rings. The molecule has 32 heteroatoms. The van der Waals surface area contributed by atoms with E-state index in [1.54, 1.807) is 6.92 Å². The van der Waals surface area contributed by atoms with Crippen molar-refractivity contribution in [3.8, 4) is 0 Å². The predicted molar refractivity (Wildman–Crippen MR) is 265 cm³/mol. The lowest BCUT2D eigenvalue weighted by molar-refractivity contribution is -0.437. The van der Waals surface area contributed by atoms with Gasteiger partial charge >= 0.3 is 5.97 Å². The number of benzene rings is 4. The van der Waals surface area contributed by atoms with Crippen LogP contribution in [-0.4, -0.2) is 143 Å². The van der Waals surface area contributed by atoms with Gasteiger partial charge in [0.2, 0.25) is 5.69 Å². The predicted octanol–water partition coefficient (Wildman–Crippen LogP) is 4.03. The summed E-state index contributed by atoms with van der Waals surface area (Å²) in [5.74, 6) is -4.06. The van der Waals surface area contributed by atoms with E-state index in [9.17, 15) is 101 Å². The van der Waals surface area contributed by atoms with Crippen molar-refractivity contribution in [2.45, 2.75) is 89.2 Å². The Labute approximate surface area is 426 Å². The van der Waals surface area contributed by atoms with Gasteiger partial charge in [-0.3, -0.25) is 36.7 Å². The molecule has 0 amide bonds. The van der Waals surface area contributed by atoms with Crippen molar-refractivity contribution in [3.63, 3.8) is 0 Å². The quantitative estimate of drug-likeness (QED) is 0.0313. The first-order valence-corrected chi connectivity index (χ1v) is 32.3. The highest BCUT2D eigenvalue weighted by atomic mass is 32.2. The number of anilines is 1. The number of carbonyl (C=O) groups is 1. The molecule has 8 N–H and O–H groups in total. The minimum Gasteiger partial charge on any atom is -0.481 e. The summed E-state index contributed by atoms with van der Waals surface area (Å²) in [7, 11) is -35.5. The van der Waals surface area contributed by atoms with Gasteiger partial charge in [0.25, 0.3) is 70.8 Å². The third-order valence-electron chi connectivity index (χ3n) is 12.8. The summed E-state index contributed by atoms with van der Waals surface area (Å²) in [4.78, 5) is 8.91. The van der Waals surface area contributed by atoms with Crippen molar-refractivity contribution in [1.82, 2.24) is 0 Å². The monoisotopic (exact) mass is 1170 g/mol. The average Bonchev–Trinajstić information content (AvgIpc) is 3.59. The van der Waals surface area contributed by atoms with Crippen LogP contribution in [0.1, 0.15) is 69.9 Å². The van der Waals surface area contributed by atoms with Crippen molar-refractivity contribution in [1.29, 1.82) is 0 Å². The molecule has 25 nitrogen and oxygen atoms in total. The Kier molecular flexibility index (Phi) is 16.0. The van der Waals surface area contributed by atoms with Crippen molar-refractivity contribution in [3.05, 3.63) is 83.6 Å². The molecule has 2 aliphatic rings. The number of nitrogens with zero attached hydrogens (tertiary/aromatic N) is 2. The molecule has 2 atom stereocenters. The Balaban J connectivity index is 1.71. The number of unbranched alkanes of at least 4 members (excludes halogenated alkanes) is 2. The zero-order chi connectivity index (χ0) is 55.6. The van der Waals surface area contributed by atoms with Crippen LogP contribution in [0.25, 0.3) is 21.5 Å². The minimum atomic E-state index is -5.33. The Bertz CT molecular complexity index is 3950.